The van der Waals surface area contributed by atoms with Crippen LogP contribution in [0.15, 0.2) is 42.0 Å². The number of rotatable bonds is 12. The lowest BCUT2D eigenvalue weighted by atomic mass is 10.1. The molecule has 1 unspecified atom stereocenters. The van der Waals surface area contributed by atoms with Crippen molar-refractivity contribution in [3.8, 4) is 17.1 Å². The number of carbonyl (C=O) groups excluding carboxylic acids is 1. The fourth-order valence-corrected chi connectivity index (χ4v) is 5.71. The van der Waals surface area contributed by atoms with Gasteiger partial charge in [-0.3, -0.25) is 14.5 Å². The van der Waals surface area contributed by atoms with Crippen molar-refractivity contribution in [3.63, 3.8) is 0 Å². The number of benzene rings is 1. The molecular weight excluding hydrogens is 490 g/mol. The Hall–Kier alpha value is -3.09. The number of amides is 1. The van der Waals surface area contributed by atoms with Crippen LogP contribution < -0.4 is 14.8 Å². The molecule has 1 amide bonds. The van der Waals surface area contributed by atoms with Gasteiger partial charge in [0, 0.05) is 30.2 Å². The summed E-state index contributed by atoms with van der Waals surface area (Å²) in [5.74, 6) is 0.162. The van der Waals surface area contributed by atoms with Crippen LogP contribution in [0.4, 0.5) is 5.13 Å². The molecule has 0 bridgehead atoms. The molecule has 35 heavy (non-hydrogen) atoms. The number of hydrogen-bond donors (Lipinski definition) is 2. The summed E-state index contributed by atoms with van der Waals surface area (Å²) in [5.41, 5.74) is 2.49. The Kier molecular flexibility index (Phi) is 7.93. The summed E-state index contributed by atoms with van der Waals surface area (Å²) < 4.78 is 37.6. The minimum absolute atomic E-state index is 0.278. The number of nitrogens with zero attached hydrogens (tertiary/aromatic N) is 3. The third kappa shape index (κ3) is 6.53. The van der Waals surface area contributed by atoms with Crippen molar-refractivity contribution < 1.29 is 22.7 Å². The van der Waals surface area contributed by atoms with Crippen LogP contribution in [0.2, 0.25) is 0 Å². The number of thiazole rings is 1. The quantitative estimate of drug-likeness (QED) is 0.374. The average Bonchev–Trinajstić information content (AvgIpc) is 3.63. The van der Waals surface area contributed by atoms with E-state index in [-0.39, 0.29) is 11.2 Å². The van der Waals surface area contributed by atoms with Crippen molar-refractivity contribution in [3.05, 3.63) is 53.3 Å². The number of nitrogens with one attached hydrogen (secondary N) is 2. The second-order valence-electron chi connectivity index (χ2n) is 7.98. The van der Waals surface area contributed by atoms with E-state index in [1.807, 2.05) is 6.92 Å². The summed E-state index contributed by atoms with van der Waals surface area (Å²) in [4.78, 5) is 26.0. The van der Waals surface area contributed by atoms with Gasteiger partial charge in [-0.2, -0.15) is 0 Å². The SMILES string of the molecule is CCOc1cncc(-c2ccc(C(=O)NC(CCOC)c3csc(NS(=O)(=O)C4CC4)n3)cc2)n1. The lowest BCUT2D eigenvalue weighted by molar-refractivity contribution is 0.0923. The molecule has 1 aliphatic carbocycles. The number of sulfonamides is 1. The second kappa shape index (κ2) is 11.1. The van der Waals surface area contributed by atoms with Crippen LogP contribution in [-0.2, 0) is 14.8 Å². The van der Waals surface area contributed by atoms with Gasteiger partial charge in [-0.25, -0.2) is 18.4 Å². The lowest BCUT2D eigenvalue weighted by Gasteiger charge is -2.17. The molecule has 2 N–H and O–H groups in total. The predicted octanol–water partition coefficient (Wildman–Crippen LogP) is 3.41. The number of ether oxygens (including phenoxy) is 2. The molecule has 4 rings (SSSR count). The molecule has 3 aromatic rings. The third-order valence-electron chi connectivity index (χ3n) is 5.34. The highest BCUT2D eigenvalue weighted by molar-refractivity contribution is 7.93. The zero-order valence-electron chi connectivity index (χ0n) is 19.4. The van der Waals surface area contributed by atoms with Crippen LogP contribution >= 0.6 is 11.3 Å². The van der Waals surface area contributed by atoms with E-state index in [1.165, 1.54) is 11.3 Å². The summed E-state index contributed by atoms with van der Waals surface area (Å²) in [5, 5.41) is 4.69. The van der Waals surface area contributed by atoms with Gasteiger partial charge in [0.2, 0.25) is 15.9 Å². The van der Waals surface area contributed by atoms with Crippen LogP contribution in [0.1, 0.15) is 48.3 Å². The molecule has 0 radical (unpaired) electrons. The minimum Gasteiger partial charge on any atom is -0.477 e. The van der Waals surface area contributed by atoms with Crippen LogP contribution in [0.25, 0.3) is 11.3 Å². The number of methoxy groups -OCH3 is 1. The zero-order valence-corrected chi connectivity index (χ0v) is 21.1. The molecule has 0 saturated heterocycles. The van der Waals surface area contributed by atoms with Gasteiger partial charge in [0.25, 0.3) is 5.91 Å². The van der Waals surface area contributed by atoms with Crippen molar-refractivity contribution in [1.82, 2.24) is 20.3 Å². The maximum Gasteiger partial charge on any atom is 0.251 e. The zero-order chi connectivity index (χ0) is 24.8. The van der Waals surface area contributed by atoms with Gasteiger partial charge >= 0.3 is 0 Å². The molecule has 2 heterocycles. The van der Waals surface area contributed by atoms with E-state index in [0.29, 0.717) is 60.4 Å². The fourth-order valence-electron chi connectivity index (χ4n) is 3.34. The van der Waals surface area contributed by atoms with Gasteiger partial charge in [-0.05, 0) is 38.3 Å². The Balaban J connectivity index is 1.45. The topological polar surface area (TPSA) is 132 Å². The summed E-state index contributed by atoms with van der Waals surface area (Å²) in [6.45, 7) is 2.77. The van der Waals surface area contributed by atoms with Crippen molar-refractivity contribution in [2.45, 2.75) is 37.5 Å². The molecule has 1 fully saturated rings. The maximum absolute atomic E-state index is 13.0. The van der Waals surface area contributed by atoms with Crippen LogP contribution in [0.3, 0.4) is 0 Å². The molecule has 186 valence electrons. The number of aromatic nitrogens is 3. The van der Waals surface area contributed by atoms with Crippen LogP contribution in [0.5, 0.6) is 5.88 Å². The summed E-state index contributed by atoms with van der Waals surface area (Å²) in [6.07, 6.45) is 5.01. The molecule has 2 aromatic heterocycles. The van der Waals surface area contributed by atoms with Gasteiger partial charge in [0.15, 0.2) is 5.13 Å². The Morgan fingerprint density at radius 2 is 1.97 bits per heavy atom. The van der Waals surface area contributed by atoms with Crippen LogP contribution in [0, 0.1) is 0 Å². The first-order valence-corrected chi connectivity index (χ1v) is 13.6. The fraction of sp³-hybridized carbons (Fsp3) is 0.391. The third-order valence-corrected chi connectivity index (χ3v) is 8.07. The maximum atomic E-state index is 13.0. The molecular formula is C23H27N5O5S2. The molecule has 10 nitrogen and oxygen atoms in total. The first-order valence-electron chi connectivity index (χ1n) is 11.2. The molecule has 0 aliphatic heterocycles. The highest BCUT2D eigenvalue weighted by atomic mass is 32.2. The first-order chi connectivity index (χ1) is 16.9. The molecule has 1 atom stereocenters. The molecule has 0 spiro atoms. The second-order valence-corrected chi connectivity index (χ2v) is 10.8. The van der Waals surface area contributed by atoms with E-state index < -0.39 is 16.1 Å². The number of anilines is 1. The van der Waals surface area contributed by atoms with Crippen LogP contribution in [-0.4, -0.2) is 54.9 Å². The molecule has 1 saturated carbocycles. The van der Waals surface area contributed by atoms with Gasteiger partial charge in [-0.15, -0.1) is 11.3 Å². The van der Waals surface area contributed by atoms with Gasteiger partial charge < -0.3 is 14.8 Å². The Morgan fingerprint density at radius 3 is 2.66 bits per heavy atom. The van der Waals surface area contributed by atoms with Gasteiger partial charge in [-0.1, -0.05) is 12.1 Å². The van der Waals surface area contributed by atoms with E-state index in [4.69, 9.17) is 9.47 Å². The van der Waals surface area contributed by atoms with Crippen molar-refractivity contribution in [2.75, 3.05) is 25.0 Å². The van der Waals surface area contributed by atoms with E-state index in [2.05, 4.69) is 25.0 Å². The lowest BCUT2D eigenvalue weighted by Crippen LogP contribution is -2.29. The monoisotopic (exact) mass is 517 g/mol. The number of carbonyl (C=O) groups is 1. The van der Waals surface area contributed by atoms with Crippen molar-refractivity contribution in [2.24, 2.45) is 0 Å². The predicted molar refractivity (Wildman–Crippen MR) is 133 cm³/mol. The van der Waals surface area contributed by atoms with E-state index in [1.54, 1.807) is 49.1 Å². The average molecular weight is 518 g/mol. The van der Waals surface area contributed by atoms with E-state index >= 15 is 0 Å². The summed E-state index contributed by atoms with van der Waals surface area (Å²) >= 11 is 1.19. The standard InChI is InChI=1S/C23H27N5O5S2/c1-3-33-21-13-24-12-19(25-21)15-4-6-16(7-5-15)22(29)26-18(10-11-32-2)20-14-34-23(27-20)28-35(30,31)17-8-9-17/h4-7,12-14,17-18H,3,8-11H2,1-2H3,(H,26,29)(H,27,28). The first kappa shape index (κ1) is 25.0. The van der Waals surface area contributed by atoms with E-state index in [0.717, 1.165) is 5.56 Å². The molecule has 12 heteroatoms. The summed E-state index contributed by atoms with van der Waals surface area (Å²) in [6, 6.07) is 6.58. The molecule has 1 aromatic carbocycles. The highest BCUT2D eigenvalue weighted by Crippen LogP contribution is 2.31. The van der Waals surface area contributed by atoms with E-state index in [9.17, 15) is 13.2 Å². The smallest absolute Gasteiger partial charge is 0.251 e. The van der Waals surface area contributed by atoms with Crippen molar-refractivity contribution in [1.29, 1.82) is 0 Å². The molecule has 1 aliphatic rings. The Morgan fingerprint density at radius 1 is 1.20 bits per heavy atom. The van der Waals surface area contributed by atoms with Crippen molar-refractivity contribution >= 4 is 32.4 Å². The van der Waals surface area contributed by atoms with Gasteiger partial charge in [0.1, 0.15) is 0 Å². The van der Waals surface area contributed by atoms with Gasteiger partial charge in [0.05, 0.1) is 41.7 Å². The summed E-state index contributed by atoms with van der Waals surface area (Å²) in [7, 11) is -1.82. The minimum atomic E-state index is -3.40. The number of hydrogen-bond acceptors (Lipinski definition) is 9. The Labute approximate surface area is 208 Å². The largest absolute Gasteiger partial charge is 0.477 e. The normalized spacial score (nSPS) is 14.3. The Bertz CT molecular complexity index is 1260. The highest BCUT2D eigenvalue weighted by Gasteiger charge is 2.36.